The highest BCUT2D eigenvalue weighted by Crippen LogP contribution is 2.24. The molecule has 1 heterocycles. The molecule has 3 N–H and O–H groups in total. The van der Waals surface area contributed by atoms with Crippen molar-refractivity contribution in [1.82, 2.24) is 15.0 Å². The number of benzene rings is 1. The van der Waals surface area contributed by atoms with Gasteiger partial charge < -0.3 is 10.6 Å². The molecule has 1 aromatic heterocycles. The van der Waals surface area contributed by atoms with E-state index < -0.39 is 12.7 Å². The highest BCUT2D eigenvalue weighted by molar-refractivity contribution is 5.45. The van der Waals surface area contributed by atoms with Crippen LogP contribution in [0.25, 0.3) is 0 Å². The van der Waals surface area contributed by atoms with E-state index in [0.717, 1.165) is 17.9 Å². The number of rotatable bonds is 6. The van der Waals surface area contributed by atoms with Crippen molar-refractivity contribution in [2.45, 2.75) is 44.9 Å². The van der Waals surface area contributed by atoms with E-state index in [9.17, 15) is 18.4 Å². The van der Waals surface area contributed by atoms with Gasteiger partial charge in [0, 0.05) is 6.04 Å². The Morgan fingerprint density at radius 1 is 1.11 bits per heavy atom. The second kappa shape index (κ2) is 7.55. The fraction of sp³-hybridized carbons (Fsp3) is 0.471. The van der Waals surface area contributed by atoms with Gasteiger partial charge in [-0.2, -0.15) is 28.1 Å². The van der Waals surface area contributed by atoms with E-state index in [4.69, 9.17) is 0 Å². The summed E-state index contributed by atoms with van der Waals surface area (Å²) in [6.07, 6.45) is -2.89. The van der Waals surface area contributed by atoms with Crippen molar-refractivity contribution in [1.29, 1.82) is 0 Å². The first kappa shape index (κ1) is 19.2. The van der Waals surface area contributed by atoms with Crippen LogP contribution in [0.15, 0.2) is 24.3 Å². The zero-order chi connectivity index (χ0) is 19.6. The van der Waals surface area contributed by atoms with E-state index in [1.165, 1.54) is 11.1 Å². The number of nitrogens with one attached hydrogen (secondary N) is 2. The third-order valence-electron chi connectivity index (χ3n) is 4.15. The van der Waals surface area contributed by atoms with Gasteiger partial charge in [-0.25, -0.2) is 5.06 Å². The van der Waals surface area contributed by atoms with E-state index in [-0.39, 0.29) is 29.9 Å². The van der Waals surface area contributed by atoms with Crippen LogP contribution in [0.4, 0.5) is 31.0 Å². The molecule has 1 aliphatic rings. The lowest BCUT2D eigenvalue weighted by Gasteiger charge is -2.21. The Morgan fingerprint density at radius 2 is 1.70 bits per heavy atom. The number of anilines is 3. The van der Waals surface area contributed by atoms with Gasteiger partial charge >= 0.3 is 6.18 Å². The number of alkyl halides is 3. The molecule has 0 saturated heterocycles. The number of fused-ring (bicyclic) bond motifs is 1. The van der Waals surface area contributed by atoms with Crippen LogP contribution >= 0.6 is 0 Å². The Balaban J connectivity index is 1.80. The molecule has 10 heteroatoms. The van der Waals surface area contributed by atoms with Crippen molar-refractivity contribution >= 4 is 17.8 Å². The van der Waals surface area contributed by atoms with Gasteiger partial charge in [0.15, 0.2) is 0 Å². The Morgan fingerprint density at radius 3 is 2.26 bits per heavy atom. The largest absolute Gasteiger partial charge is 0.405 e. The molecule has 27 heavy (non-hydrogen) atoms. The van der Waals surface area contributed by atoms with Crippen LogP contribution in [0.5, 0.6) is 0 Å². The van der Waals surface area contributed by atoms with Crippen molar-refractivity contribution in [3.8, 4) is 0 Å². The minimum atomic E-state index is -4.41. The molecule has 2 aromatic rings. The summed E-state index contributed by atoms with van der Waals surface area (Å²) in [5.41, 5.74) is 2.43. The highest BCUT2D eigenvalue weighted by Gasteiger charge is 2.28. The van der Waals surface area contributed by atoms with Crippen LogP contribution < -0.4 is 15.7 Å². The first-order valence-corrected chi connectivity index (χ1v) is 8.59. The van der Waals surface area contributed by atoms with Crippen LogP contribution in [0.3, 0.4) is 0 Å². The second-order valence-corrected chi connectivity index (χ2v) is 6.71. The van der Waals surface area contributed by atoms with E-state index in [1.54, 1.807) is 13.8 Å². The minimum absolute atomic E-state index is 0.0132. The van der Waals surface area contributed by atoms with E-state index in [1.807, 2.05) is 24.3 Å². The number of aromatic nitrogens is 3. The predicted molar refractivity (Wildman–Crippen MR) is 95.0 cm³/mol. The average molecular weight is 382 g/mol. The molecule has 7 nitrogen and oxygen atoms in total. The summed E-state index contributed by atoms with van der Waals surface area (Å²) in [6.45, 7) is 2.12. The zero-order valence-electron chi connectivity index (χ0n) is 15.0. The summed E-state index contributed by atoms with van der Waals surface area (Å²) in [5.74, 6) is -0.264. The van der Waals surface area contributed by atoms with Crippen LogP contribution in [0, 0.1) is 0 Å². The number of nitrogens with zero attached hydrogens (tertiary/aromatic N) is 4. The summed E-state index contributed by atoms with van der Waals surface area (Å²) in [7, 11) is 0. The first-order chi connectivity index (χ1) is 12.7. The molecule has 146 valence electrons. The van der Waals surface area contributed by atoms with Crippen molar-refractivity contribution in [2.75, 3.05) is 22.2 Å². The van der Waals surface area contributed by atoms with Gasteiger partial charge in [0.1, 0.15) is 6.54 Å². The molecule has 0 bridgehead atoms. The number of hydrogen-bond acceptors (Lipinski definition) is 7. The molecule has 1 aliphatic carbocycles. The maximum atomic E-state index is 12.5. The van der Waals surface area contributed by atoms with Crippen LogP contribution in [-0.2, 0) is 12.8 Å². The van der Waals surface area contributed by atoms with Crippen molar-refractivity contribution in [2.24, 2.45) is 0 Å². The molecular weight excluding hydrogens is 361 g/mol. The molecule has 0 amide bonds. The molecule has 0 saturated carbocycles. The van der Waals surface area contributed by atoms with Crippen LogP contribution in [0.1, 0.15) is 25.0 Å². The van der Waals surface area contributed by atoms with Crippen LogP contribution in [0.2, 0.25) is 0 Å². The van der Waals surface area contributed by atoms with Crippen molar-refractivity contribution in [3.63, 3.8) is 0 Å². The minimum Gasteiger partial charge on any atom is -0.351 e. The van der Waals surface area contributed by atoms with Gasteiger partial charge in [-0.05, 0) is 37.8 Å². The molecule has 0 atom stereocenters. The molecule has 0 aliphatic heterocycles. The van der Waals surface area contributed by atoms with Crippen LogP contribution in [-0.4, -0.2) is 45.0 Å². The predicted octanol–water partition coefficient (Wildman–Crippen LogP) is 3.03. The third kappa shape index (κ3) is 4.97. The Bertz CT molecular complexity index is 773. The summed E-state index contributed by atoms with van der Waals surface area (Å²) >= 11 is 0. The molecule has 3 rings (SSSR count). The average Bonchev–Trinajstić information content (AvgIpc) is 3.00. The number of hydroxylamine groups is 1. The molecule has 0 radical (unpaired) electrons. The topological polar surface area (TPSA) is 86.2 Å². The normalized spacial score (nSPS) is 14.3. The molecule has 0 spiro atoms. The van der Waals surface area contributed by atoms with Gasteiger partial charge in [-0.15, -0.1) is 0 Å². The summed E-state index contributed by atoms with van der Waals surface area (Å²) in [4.78, 5) is 12.0. The maximum absolute atomic E-state index is 12.5. The molecule has 1 aromatic carbocycles. The SMILES string of the molecule is CC(C)N(O)c1nc(NCC(F)(F)F)nc(NC2Cc3ccccc3C2)n1. The van der Waals surface area contributed by atoms with Crippen molar-refractivity contribution in [3.05, 3.63) is 35.4 Å². The van der Waals surface area contributed by atoms with E-state index in [0.29, 0.717) is 0 Å². The molecular formula is C17H21F3N6O. The van der Waals surface area contributed by atoms with Gasteiger partial charge in [0.05, 0.1) is 6.04 Å². The first-order valence-electron chi connectivity index (χ1n) is 8.59. The maximum Gasteiger partial charge on any atom is 0.405 e. The smallest absolute Gasteiger partial charge is 0.351 e. The standard InChI is InChI=1S/C17H21F3N6O/c1-10(2)26(27)16-24-14(21-9-17(18,19)20)23-15(25-16)22-13-7-11-5-3-4-6-12(11)8-13/h3-6,10,13,27H,7-9H2,1-2H3,(H2,21,22,23,24,25). The number of hydrogen-bond donors (Lipinski definition) is 3. The van der Waals surface area contributed by atoms with Gasteiger partial charge in [0.25, 0.3) is 5.95 Å². The van der Waals surface area contributed by atoms with Gasteiger partial charge in [0.2, 0.25) is 11.9 Å². The van der Waals surface area contributed by atoms with Crippen molar-refractivity contribution < 1.29 is 18.4 Å². The Hall–Kier alpha value is -2.62. The van der Waals surface area contributed by atoms with E-state index >= 15 is 0 Å². The Kier molecular flexibility index (Phi) is 5.36. The monoisotopic (exact) mass is 382 g/mol. The lowest BCUT2D eigenvalue weighted by atomic mass is 10.1. The third-order valence-corrected chi connectivity index (χ3v) is 4.15. The second-order valence-electron chi connectivity index (χ2n) is 6.71. The quantitative estimate of drug-likeness (QED) is 0.662. The van der Waals surface area contributed by atoms with Gasteiger partial charge in [-0.1, -0.05) is 24.3 Å². The molecule has 0 unspecified atom stereocenters. The van der Waals surface area contributed by atoms with E-state index in [2.05, 4.69) is 25.6 Å². The molecule has 0 fully saturated rings. The highest BCUT2D eigenvalue weighted by atomic mass is 19.4. The fourth-order valence-corrected chi connectivity index (χ4v) is 2.86. The summed E-state index contributed by atoms with van der Waals surface area (Å²) in [6, 6.07) is 7.67. The summed E-state index contributed by atoms with van der Waals surface area (Å²) < 4.78 is 37.5. The zero-order valence-corrected chi connectivity index (χ0v) is 15.0. The lowest BCUT2D eigenvalue weighted by molar-refractivity contribution is -0.115. The summed E-state index contributed by atoms with van der Waals surface area (Å²) in [5, 5.41) is 16.1. The number of halogens is 3. The lowest BCUT2D eigenvalue weighted by Crippen LogP contribution is -2.30. The van der Waals surface area contributed by atoms with Gasteiger partial charge in [-0.3, -0.25) is 5.21 Å². The fourth-order valence-electron chi connectivity index (χ4n) is 2.86. The Labute approximate surface area is 154 Å².